The van der Waals surface area contributed by atoms with Gasteiger partial charge in [-0.2, -0.15) is 4.80 Å². The van der Waals surface area contributed by atoms with Crippen LogP contribution in [0.2, 0.25) is 0 Å². The minimum absolute atomic E-state index is 0.00713. The predicted molar refractivity (Wildman–Crippen MR) is 50.0 cm³/mol. The summed E-state index contributed by atoms with van der Waals surface area (Å²) in [6.07, 6.45) is 0.00713. The molecule has 88 valence electrons. The van der Waals surface area contributed by atoms with E-state index in [-0.39, 0.29) is 12.2 Å². The number of ether oxygens (including phenoxy) is 2. The summed E-state index contributed by atoms with van der Waals surface area (Å²) in [4.78, 5) is 23.9. The van der Waals surface area contributed by atoms with Crippen LogP contribution in [0.15, 0.2) is 0 Å². The van der Waals surface area contributed by atoms with E-state index in [1.807, 2.05) is 0 Å². The quantitative estimate of drug-likeness (QED) is 0.467. The summed E-state index contributed by atoms with van der Waals surface area (Å²) in [5.41, 5.74) is 0. The summed E-state index contributed by atoms with van der Waals surface area (Å²) in [5, 5.41) is 11.1. The lowest BCUT2D eigenvalue weighted by atomic mass is 10.1. The Kier molecular flexibility index (Phi) is 3.92. The Morgan fingerprint density at radius 1 is 1.31 bits per heavy atom. The van der Waals surface area contributed by atoms with E-state index < -0.39 is 17.9 Å². The number of aromatic nitrogens is 4. The van der Waals surface area contributed by atoms with Crippen LogP contribution < -0.4 is 0 Å². The molecule has 0 aliphatic carbocycles. The van der Waals surface area contributed by atoms with Gasteiger partial charge >= 0.3 is 11.9 Å². The largest absolute Gasteiger partial charge is 0.468 e. The molecule has 0 atom stereocenters. The maximum absolute atomic E-state index is 11.3. The molecule has 0 spiro atoms. The van der Waals surface area contributed by atoms with Gasteiger partial charge in [0.2, 0.25) is 0 Å². The smallest absolute Gasteiger partial charge is 0.320 e. The number of carbonyl (C=O) groups is 2. The van der Waals surface area contributed by atoms with Crippen molar-refractivity contribution in [3.8, 4) is 0 Å². The molecule has 0 radical (unpaired) electrons. The molecule has 0 aliphatic rings. The molecule has 0 fully saturated rings. The molecule has 0 N–H and O–H groups in total. The van der Waals surface area contributed by atoms with Crippen molar-refractivity contribution in [3.63, 3.8) is 0 Å². The first-order chi connectivity index (χ1) is 7.58. The summed E-state index contributed by atoms with van der Waals surface area (Å²) in [6, 6.07) is 0. The van der Waals surface area contributed by atoms with E-state index in [0.29, 0.717) is 0 Å². The van der Waals surface area contributed by atoms with Crippen molar-refractivity contribution in [1.29, 1.82) is 0 Å². The highest BCUT2D eigenvalue weighted by Gasteiger charge is 2.30. The highest BCUT2D eigenvalue weighted by molar-refractivity contribution is 5.94. The lowest BCUT2D eigenvalue weighted by molar-refractivity contribution is -0.158. The molecule has 1 rings (SSSR count). The van der Waals surface area contributed by atoms with Crippen LogP contribution in [0.25, 0.3) is 0 Å². The average molecular weight is 228 g/mol. The number of esters is 2. The lowest BCUT2D eigenvalue weighted by Crippen LogP contribution is -2.28. The molecule has 8 nitrogen and oxygen atoms in total. The van der Waals surface area contributed by atoms with Crippen molar-refractivity contribution in [2.24, 2.45) is 13.0 Å². The standard InChI is InChI=1S/C8H12N4O4/c1-12-10-6(9-11-12)4-5(7(13)15-2)8(14)16-3/h5H,4H2,1-3H3. The normalized spacial score (nSPS) is 10.2. The van der Waals surface area contributed by atoms with Gasteiger partial charge in [-0.05, 0) is 5.21 Å². The SMILES string of the molecule is COC(=O)C(Cc1nnn(C)n1)C(=O)OC. The molecule has 0 unspecified atom stereocenters. The molecule has 0 amide bonds. The summed E-state index contributed by atoms with van der Waals surface area (Å²) in [7, 11) is 3.98. The number of tetrazole rings is 1. The van der Waals surface area contributed by atoms with Crippen LogP contribution in [0.4, 0.5) is 0 Å². The Morgan fingerprint density at radius 2 is 1.88 bits per heavy atom. The van der Waals surface area contributed by atoms with Crippen LogP contribution in [0.3, 0.4) is 0 Å². The number of methoxy groups -OCH3 is 2. The van der Waals surface area contributed by atoms with Gasteiger partial charge in [0.25, 0.3) is 0 Å². The second-order valence-electron chi connectivity index (χ2n) is 3.00. The van der Waals surface area contributed by atoms with Crippen LogP contribution in [-0.2, 0) is 32.5 Å². The van der Waals surface area contributed by atoms with E-state index in [0.717, 1.165) is 0 Å². The van der Waals surface area contributed by atoms with E-state index in [1.165, 1.54) is 19.0 Å². The highest BCUT2D eigenvalue weighted by Crippen LogP contribution is 2.08. The number of rotatable bonds is 4. The van der Waals surface area contributed by atoms with Crippen molar-refractivity contribution < 1.29 is 19.1 Å². The zero-order valence-electron chi connectivity index (χ0n) is 9.21. The Morgan fingerprint density at radius 3 is 2.25 bits per heavy atom. The van der Waals surface area contributed by atoms with Crippen LogP contribution in [0.5, 0.6) is 0 Å². The van der Waals surface area contributed by atoms with Crippen LogP contribution >= 0.6 is 0 Å². The lowest BCUT2D eigenvalue weighted by Gasteiger charge is -2.09. The maximum atomic E-state index is 11.3. The number of aryl methyl sites for hydroxylation is 1. The van der Waals surface area contributed by atoms with E-state index in [4.69, 9.17) is 0 Å². The maximum Gasteiger partial charge on any atom is 0.320 e. The van der Waals surface area contributed by atoms with Gasteiger partial charge in [-0.25, -0.2) is 0 Å². The third-order valence-electron chi connectivity index (χ3n) is 1.91. The minimum atomic E-state index is -1.06. The van der Waals surface area contributed by atoms with Crippen LogP contribution in [0, 0.1) is 5.92 Å². The van der Waals surface area contributed by atoms with E-state index in [2.05, 4.69) is 24.9 Å². The summed E-state index contributed by atoms with van der Waals surface area (Å²) in [6.45, 7) is 0. The number of hydrogen-bond acceptors (Lipinski definition) is 7. The highest BCUT2D eigenvalue weighted by atomic mass is 16.5. The number of carbonyl (C=O) groups excluding carboxylic acids is 2. The third-order valence-corrected chi connectivity index (χ3v) is 1.91. The van der Waals surface area contributed by atoms with Crippen molar-refractivity contribution >= 4 is 11.9 Å². The molecule has 0 aliphatic heterocycles. The van der Waals surface area contributed by atoms with E-state index >= 15 is 0 Å². The van der Waals surface area contributed by atoms with Gasteiger partial charge in [0.15, 0.2) is 11.7 Å². The summed E-state index contributed by atoms with van der Waals surface area (Å²) >= 11 is 0. The fourth-order valence-corrected chi connectivity index (χ4v) is 1.14. The van der Waals surface area contributed by atoms with Gasteiger partial charge in [0.1, 0.15) is 0 Å². The molecule has 1 heterocycles. The van der Waals surface area contributed by atoms with Gasteiger partial charge in [-0.15, -0.1) is 10.2 Å². The van der Waals surface area contributed by atoms with Crippen LogP contribution in [-0.4, -0.2) is 46.4 Å². The van der Waals surface area contributed by atoms with Gasteiger partial charge in [-0.1, -0.05) is 0 Å². The molecule has 0 bridgehead atoms. The fourth-order valence-electron chi connectivity index (χ4n) is 1.14. The zero-order valence-corrected chi connectivity index (χ0v) is 9.21. The van der Waals surface area contributed by atoms with Crippen molar-refractivity contribution in [1.82, 2.24) is 20.2 Å². The molecule has 0 aromatic carbocycles. The van der Waals surface area contributed by atoms with E-state index in [9.17, 15) is 9.59 Å². The van der Waals surface area contributed by atoms with Crippen LogP contribution in [0.1, 0.15) is 5.82 Å². The topological polar surface area (TPSA) is 96.2 Å². The van der Waals surface area contributed by atoms with Gasteiger partial charge < -0.3 is 9.47 Å². The Labute approximate surface area is 91.5 Å². The van der Waals surface area contributed by atoms with Crippen molar-refractivity contribution in [2.45, 2.75) is 6.42 Å². The first-order valence-corrected chi connectivity index (χ1v) is 4.47. The number of hydrogen-bond donors (Lipinski definition) is 0. The molecular weight excluding hydrogens is 216 g/mol. The predicted octanol–water partition coefficient (Wildman–Crippen LogP) is -1.29. The first kappa shape index (κ1) is 12.1. The van der Waals surface area contributed by atoms with E-state index in [1.54, 1.807) is 7.05 Å². The fraction of sp³-hybridized carbons (Fsp3) is 0.625. The number of nitrogens with zero attached hydrogens (tertiary/aromatic N) is 4. The molecular formula is C8H12N4O4. The van der Waals surface area contributed by atoms with Gasteiger partial charge in [0, 0.05) is 6.42 Å². The monoisotopic (exact) mass is 228 g/mol. The summed E-state index contributed by atoms with van der Waals surface area (Å²) in [5.74, 6) is -2.14. The minimum Gasteiger partial charge on any atom is -0.468 e. The third kappa shape index (κ3) is 2.75. The molecule has 0 saturated carbocycles. The Bertz CT molecular complexity index is 373. The van der Waals surface area contributed by atoms with Crippen molar-refractivity contribution in [2.75, 3.05) is 14.2 Å². The Balaban J connectivity index is 2.78. The van der Waals surface area contributed by atoms with Crippen molar-refractivity contribution in [3.05, 3.63) is 5.82 Å². The first-order valence-electron chi connectivity index (χ1n) is 4.47. The second-order valence-corrected chi connectivity index (χ2v) is 3.00. The molecule has 0 saturated heterocycles. The summed E-state index contributed by atoms with van der Waals surface area (Å²) < 4.78 is 8.98. The molecule has 1 aromatic rings. The molecule has 16 heavy (non-hydrogen) atoms. The second kappa shape index (κ2) is 5.19. The Hall–Kier alpha value is -1.99. The zero-order chi connectivity index (χ0) is 12.1. The molecule has 1 aromatic heterocycles. The van der Waals surface area contributed by atoms with Gasteiger partial charge in [-0.3, -0.25) is 9.59 Å². The van der Waals surface area contributed by atoms with Gasteiger partial charge in [0.05, 0.1) is 21.3 Å². The molecule has 8 heteroatoms. The average Bonchev–Trinajstić information content (AvgIpc) is 2.69.